The fraction of sp³-hybridized carbons (Fsp3) is 0.400. The number of methoxy groups -OCH3 is 1. The molecule has 152 valence electrons. The normalized spacial score (nSPS) is 16.2. The molecule has 9 heteroatoms. The van der Waals surface area contributed by atoms with Gasteiger partial charge in [0, 0.05) is 31.1 Å². The first-order valence-electron chi connectivity index (χ1n) is 9.54. The number of rotatable bonds is 7. The molecule has 1 saturated heterocycles. The maximum absolute atomic E-state index is 12.6. The SMILES string of the molecule is COc1ccccc1OCCc1cc([C@@H]2CCN(C(=O)c3snnc3C)C2)n[nH]1. The molecule has 0 spiro atoms. The second-order valence-corrected chi connectivity index (χ2v) is 7.75. The highest BCUT2D eigenvalue weighted by Crippen LogP contribution is 2.29. The van der Waals surface area contributed by atoms with Gasteiger partial charge < -0.3 is 14.4 Å². The van der Waals surface area contributed by atoms with E-state index in [9.17, 15) is 4.79 Å². The average Bonchev–Trinajstić information content (AvgIpc) is 3.48. The van der Waals surface area contributed by atoms with Crippen LogP contribution in [0.5, 0.6) is 11.5 Å². The Morgan fingerprint density at radius 2 is 2.17 bits per heavy atom. The fourth-order valence-corrected chi connectivity index (χ4v) is 4.11. The van der Waals surface area contributed by atoms with Gasteiger partial charge in [-0.05, 0) is 43.1 Å². The Morgan fingerprint density at radius 1 is 1.34 bits per heavy atom. The third kappa shape index (κ3) is 4.24. The van der Waals surface area contributed by atoms with Crippen LogP contribution < -0.4 is 9.47 Å². The number of carbonyl (C=O) groups is 1. The summed E-state index contributed by atoms with van der Waals surface area (Å²) in [6.45, 7) is 3.73. The van der Waals surface area contributed by atoms with E-state index in [0.717, 1.165) is 47.4 Å². The summed E-state index contributed by atoms with van der Waals surface area (Å²) < 4.78 is 15.0. The van der Waals surface area contributed by atoms with Crippen LogP contribution in [0.25, 0.3) is 0 Å². The van der Waals surface area contributed by atoms with Gasteiger partial charge in [0.15, 0.2) is 11.5 Å². The molecule has 0 aliphatic carbocycles. The van der Waals surface area contributed by atoms with Crippen molar-refractivity contribution >= 4 is 17.4 Å². The van der Waals surface area contributed by atoms with E-state index in [-0.39, 0.29) is 11.8 Å². The van der Waals surface area contributed by atoms with E-state index in [4.69, 9.17) is 9.47 Å². The molecule has 4 rings (SSSR count). The molecule has 0 saturated carbocycles. The van der Waals surface area contributed by atoms with Crippen molar-refractivity contribution in [2.24, 2.45) is 0 Å². The number of benzene rings is 1. The molecule has 29 heavy (non-hydrogen) atoms. The van der Waals surface area contributed by atoms with Crippen molar-refractivity contribution < 1.29 is 14.3 Å². The molecule has 3 heterocycles. The van der Waals surface area contributed by atoms with E-state index in [1.807, 2.05) is 36.1 Å². The lowest BCUT2D eigenvalue weighted by atomic mass is 10.0. The minimum absolute atomic E-state index is 0.0148. The van der Waals surface area contributed by atoms with Crippen molar-refractivity contribution in [3.8, 4) is 11.5 Å². The number of likely N-dealkylation sites (tertiary alicyclic amines) is 1. The molecule has 3 aromatic rings. The largest absolute Gasteiger partial charge is 0.493 e. The first kappa shape index (κ1) is 19.4. The molecule has 1 aliphatic heterocycles. The van der Waals surface area contributed by atoms with E-state index in [2.05, 4.69) is 25.9 Å². The second-order valence-electron chi connectivity index (χ2n) is 6.99. The predicted molar refractivity (Wildman–Crippen MR) is 109 cm³/mol. The molecular weight excluding hydrogens is 390 g/mol. The number of ether oxygens (including phenoxy) is 2. The van der Waals surface area contributed by atoms with Gasteiger partial charge in [-0.1, -0.05) is 16.6 Å². The fourth-order valence-electron chi connectivity index (χ4n) is 3.48. The summed E-state index contributed by atoms with van der Waals surface area (Å²) in [6.07, 6.45) is 1.62. The Balaban J connectivity index is 1.31. The third-order valence-electron chi connectivity index (χ3n) is 5.09. The molecule has 8 nitrogen and oxygen atoms in total. The Hall–Kier alpha value is -2.94. The topological polar surface area (TPSA) is 93.2 Å². The van der Waals surface area contributed by atoms with Gasteiger partial charge in [0.25, 0.3) is 5.91 Å². The smallest absolute Gasteiger partial charge is 0.267 e. The Morgan fingerprint density at radius 3 is 2.93 bits per heavy atom. The second kappa shape index (κ2) is 8.60. The molecule has 1 amide bonds. The number of para-hydroxylation sites is 2. The summed E-state index contributed by atoms with van der Waals surface area (Å²) in [5.74, 6) is 1.70. The maximum Gasteiger partial charge on any atom is 0.267 e. The molecule has 1 atom stereocenters. The van der Waals surface area contributed by atoms with Crippen molar-refractivity contribution in [3.63, 3.8) is 0 Å². The predicted octanol–water partition coefficient (Wildman–Crippen LogP) is 2.83. The van der Waals surface area contributed by atoms with Crippen LogP contribution in [-0.4, -0.2) is 57.4 Å². The zero-order valence-corrected chi connectivity index (χ0v) is 17.2. The van der Waals surface area contributed by atoms with E-state index in [1.54, 1.807) is 7.11 Å². The summed E-state index contributed by atoms with van der Waals surface area (Å²) in [5.41, 5.74) is 2.70. The number of hydrogen-bond donors (Lipinski definition) is 1. The van der Waals surface area contributed by atoms with Crippen molar-refractivity contribution in [1.82, 2.24) is 24.7 Å². The standard InChI is InChI=1S/C20H23N5O3S/c1-13-19(29-24-21-13)20(26)25-9-7-14(12-25)16-11-15(22-23-16)8-10-28-18-6-4-3-5-17(18)27-2/h3-6,11,14H,7-10,12H2,1-2H3,(H,22,23)/t14-/m1/s1. The van der Waals surface area contributed by atoms with Gasteiger partial charge in [-0.2, -0.15) is 5.10 Å². The maximum atomic E-state index is 12.6. The van der Waals surface area contributed by atoms with Crippen LogP contribution in [-0.2, 0) is 6.42 Å². The van der Waals surface area contributed by atoms with Gasteiger partial charge in [0.1, 0.15) is 4.88 Å². The number of aromatic amines is 1. The van der Waals surface area contributed by atoms with Gasteiger partial charge in [0.2, 0.25) is 0 Å². The molecule has 1 aromatic carbocycles. The Labute approximate surface area is 173 Å². The summed E-state index contributed by atoms with van der Waals surface area (Å²) in [4.78, 5) is 15.1. The molecule has 0 unspecified atom stereocenters. The number of hydrogen-bond acceptors (Lipinski definition) is 7. The van der Waals surface area contributed by atoms with Crippen LogP contribution in [0.3, 0.4) is 0 Å². The van der Waals surface area contributed by atoms with Gasteiger partial charge in [-0.15, -0.1) is 5.10 Å². The third-order valence-corrected chi connectivity index (χ3v) is 5.90. The van der Waals surface area contributed by atoms with Gasteiger partial charge in [-0.25, -0.2) is 0 Å². The highest BCUT2D eigenvalue weighted by molar-refractivity contribution is 7.07. The van der Waals surface area contributed by atoms with Gasteiger partial charge in [-0.3, -0.25) is 9.89 Å². The lowest BCUT2D eigenvalue weighted by Gasteiger charge is -2.14. The summed E-state index contributed by atoms with van der Waals surface area (Å²) in [5, 5.41) is 11.5. The van der Waals surface area contributed by atoms with Crippen LogP contribution in [0, 0.1) is 6.92 Å². The Kier molecular flexibility index (Phi) is 5.75. The number of nitrogens with zero attached hydrogens (tertiary/aromatic N) is 4. The first-order chi connectivity index (χ1) is 14.2. The Bertz CT molecular complexity index is 986. The highest BCUT2D eigenvalue weighted by Gasteiger charge is 2.31. The number of carbonyl (C=O) groups excluding carboxylic acids is 1. The van der Waals surface area contributed by atoms with Crippen molar-refractivity contribution in [2.45, 2.75) is 25.7 Å². The van der Waals surface area contributed by atoms with E-state index < -0.39 is 0 Å². The number of aromatic nitrogens is 4. The van der Waals surface area contributed by atoms with Crippen LogP contribution in [0.1, 0.15) is 39.1 Å². The minimum Gasteiger partial charge on any atom is -0.493 e. The van der Waals surface area contributed by atoms with E-state index >= 15 is 0 Å². The summed E-state index contributed by atoms with van der Waals surface area (Å²) in [6, 6.07) is 9.67. The minimum atomic E-state index is 0.0148. The van der Waals surface area contributed by atoms with Crippen LogP contribution in [0.2, 0.25) is 0 Å². The zero-order valence-electron chi connectivity index (χ0n) is 16.4. The quantitative estimate of drug-likeness (QED) is 0.640. The first-order valence-corrected chi connectivity index (χ1v) is 10.3. The number of amides is 1. The molecule has 1 fully saturated rings. The molecule has 1 aliphatic rings. The highest BCUT2D eigenvalue weighted by atomic mass is 32.1. The number of H-pyrrole nitrogens is 1. The number of aryl methyl sites for hydroxylation is 1. The molecular formula is C20H23N5O3S. The van der Waals surface area contributed by atoms with Gasteiger partial charge >= 0.3 is 0 Å². The van der Waals surface area contributed by atoms with Crippen molar-refractivity contribution in [1.29, 1.82) is 0 Å². The molecule has 1 N–H and O–H groups in total. The van der Waals surface area contributed by atoms with E-state index in [1.165, 1.54) is 0 Å². The lowest BCUT2D eigenvalue weighted by molar-refractivity contribution is 0.0794. The van der Waals surface area contributed by atoms with Crippen LogP contribution in [0.4, 0.5) is 0 Å². The van der Waals surface area contributed by atoms with Crippen LogP contribution >= 0.6 is 11.5 Å². The number of nitrogens with one attached hydrogen (secondary N) is 1. The van der Waals surface area contributed by atoms with Gasteiger partial charge in [0.05, 0.1) is 25.1 Å². The summed E-state index contributed by atoms with van der Waals surface area (Å²) in [7, 11) is 1.63. The summed E-state index contributed by atoms with van der Waals surface area (Å²) >= 11 is 1.16. The van der Waals surface area contributed by atoms with E-state index in [0.29, 0.717) is 30.1 Å². The molecule has 0 bridgehead atoms. The van der Waals surface area contributed by atoms with Crippen LogP contribution in [0.15, 0.2) is 30.3 Å². The monoisotopic (exact) mass is 413 g/mol. The van der Waals surface area contributed by atoms with Crippen molar-refractivity contribution in [2.75, 3.05) is 26.8 Å². The lowest BCUT2D eigenvalue weighted by Crippen LogP contribution is -2.28. The molecule has 2 aromatic heterocycles. The van der Waals surface area contributed by atoms with Crippen molar-refractivity contribution in [3.05, 3.63) is 52.3 Å². The average molecular weight is 414 g/mol. The molecule has 0 radical (unpaired) electrons. The zero-order chi connectivity index (χ0) is 20.2.